The lowest BCUT2D eigenvalue weighted by atomic mass is 10.2. The van der Waals surface area contributed by atoms with Crippen molar-refractivity contribution in [1.29, 1.82) is 4.78 Å². The van der Waals surface area contributed by atoms with E-state index in [1.165, 1.54) is 18.2 Å². The maximum atomic E-state index is 13.3. The van der Waals surface area contributed by atoms with Crippen molar-refractivity contribution in [3.8, 4) is 0 Å². The third-order valence-electron chi connectivity index (χ3n) is 3.95. The number of nitrogens with zero attached hydrogens (tertiary/aromatic N) is 1. The molecule has 0 bridgehead atoms. The van der Waals surface area contributed by atoms with Gasteiger partial charge in [0, 0.05) is 41.0 Å². The molecule has 7 heteroatoms. The predicted molar refractivity (Wildman–Crippen MR) is 118 cm³/mol. The van der Waals surface area contributed by atoms with E-state index < -0.39 is 15.2 Å². The zero-order valence-electron chi connectivity index (χ0n) is 16.0. The van der Waals surface area contributed by atoms with E-state index in [2.05, 4.69) is 11.2 Å². The van der Waals surface area contributed by atoms with Gasteiger partial charge in [0.1, 0.15) is 5.82 Å². The van der Waals surface area contributed by atoms with Crippen molar-refractivity contribution in [2.75, 3.05) is 17.7 Å². The zero-order valence-corrected chi connectivity index (χ0v) is 17.6. The Bertz CT molecular complexity index is 936. The van der Waals surface area contributed by atoms with E-state index in [-0.39, 0.29) is 5.91 Å². The van der Waals surface area contributed by atoms with E-state index >= 15 is 0 Å². The lowest BCUT2D eigenvalue weighted by Crippen LogP contribution is -2.30. The molecule has 28 heavy (non-hydrogen) atoms. The molecule has 150 valence electrons. The van der Waals surface area contributed by atoms with Crippen LogP contribution >= 0.6 is 11.6 Å². The van der Waals surface area contributed by atoms with Gasteiger partial charge in [0.15, 0.2) is 0 Å². The minimum atomic E-state index is -1.79. The molecule has 2 N–H and O–H groups in total. The van der Waals surface area contributed by atoms with Crippen LogP contribution in [0, 0.1) is 10.6 Å². The summed E-state index contributed by atoms with van der Waals surface area (Å²) >= 11 is 5.84. The van der Waals surface area contributed by atoms with Crippen molar-refractivity contribution < 1.29 is 9.18 Å². The largest absolute Gasteiger partial charge is 0.387 e. The number of amides is 1. The first-order chi connectivity index (χ1) is 13.2. The second-order valence-electron chi connectivity index (χ2n) is 6.56. The Hall–Kier alpha value is -2.31. The smallest absolute Gasteiger partial charge is 0.252 e. The summed E-state index contributed by atoms with van der Waals surface area (Å²) < 4.78 is 21.4. The molecular formula is C21H25ClFN3OS. The summed E-state index contributed by atoms with van der Waals surface area (Å²) in [4.78, 5) is 15.2. The number of benzene rings is 2. The molecule has 2 aromatic carbocycles. The van der Waals surface area contributed by atoms with Crippen molar-refractivity contribution in [2.45, 2.75) is 24.8 Å². The minimum absolute atomic E-state index is 0.157. The highest BCUT2D eigenvalue weighted by atomic mass is 35.5. The quantitative estimate of drug-likeness (QED) is 0.472. The molecule has 1 atom stereocenters. The van der Waals surface area contributed by atoms with Crippen LogP contribution in [0.15, 0.2) is 59.6 Å². The van der Waals surface area contributed by atoms with Crippen molar-refractivity contribution >= 4 is 38.5 Å². The first-order valence-corrected chi connectivity index (χ1v) is 11.4. The van der Waals surface area contributed by atoms with Gasteiger partial charge in [-0.15, -0.1) is 9.41 Å². The fourth-order valence-electron chi connectivity index (χ4n) is 2.63. The summed E-state index contributed by atoms with van der Waals surface area (Å²) in [5.41, 5.74) is 1.47. The van der Waals surface area contributed by atoms with E-state index in [1.807, 2.05) is 31.2 Å². The van der Waals surface area contributed by atoms with E-state index in [0.29, 0.717) is 23.7 Å². The van der Waals surface area contributed by atoms with Gasteiger partial charge in [-0.05, 0) is 60.7 Å². The molecule has 1 unspecified atom stereocenters. The van der Waals surface area contributed by atoms with E-state index in [4.69, 9.17) is 16.4 Å². The van der Waals surface area contributed by atoms with Gasteiger partial charge in [-0.1, -0.05) is 24.4 Å². The Balaban J connectivity index is 2.04. The molecular weight excluding hydrogens is 397 g/mol. The third-order valence-corrected chi connectivity index (χ3v) is 5.48. The lowest BCUT2D eigenvalue weighted by molar-refractivity contribution is -0.114. The fraction of sp³-hybridized carbons (Fsp3) is 0.238. The van der Waals surface area contributed by atoms with Crippen LogP contribution in [0.5, 0.6) is 0 Å². The number of hydrogen-bond acceptors (Lipinski definition) is 3. The molecule has 0 radical (unpaired) electrons. The van der Waals surface area contributed by atoms with Gasteiger partial charge in [-0.2, -0.15) is 0 Å². The summed E-state index contributed by atoms with van der Waals surface area (Å²) in [7, 11) is -1.79. The molecule has 0 heterocycles. The van der Waals surface area contributed by atoms with Crippen LogP contribution in [-0.2, 0) is 20.8 Å². The van der Waals surface area contributed by atoms with Gasteiger partial charge in [0.25, 0.3) is 5.91 Å². The highest BCUT2D eigenvalue weighted by Crippen LogP contribution is 2.19. The molecule has 0 aliphatic carbocycles. The van der Waals surface area contributed by atoms with E-state index in [0.717, 1.165) is 17.0 Å². The molecule has 2 aromatic rings. The monoisotopic (exact) mass is 421 g/mol. The standard InChI is InChI=1S/C21H25ClFN3OS/c1-4-11-26(19-5-7-20(8-6-19)28(2,3)24)21(27)9-10-25-15-16-12-17(22)14-18(23)13-16/h5-10,12-14,24-25H,2,4,11,15H2,1,3H3/b10-9+. The molecule has 0 spiro atoms. The predicted octanol–water partition coefficient (Wildman–Crippen LogP) is 4.86. The van der Waals surface area contributed by atoms with Crippen LogP contribution in [0.3, 0.4) is 0 Å². The average Bonchev–Trinajstić information content (AvgIpc) is 2.62. The molecule has 4 nitrogen and oxygen atoms in total. The Morgan fingerprint density at radius 1 is 1.32 bits per heavy atom. The molecule has 0 fully saturated rings. The van der Waals surface area contributed by atoms with Crippen molar-refractivity contribution in [3.63, 3.8) is 0 Å². The van der Waals surface area contributed by atoms with Gasteiger partial charge >= 0.3 is 0 Å². The Morgan fingerprint density at radius 2 is 2.00 bits per heavy atom. The van der Waals surface area contributed by atoms with Crippen molar-refractivity contribution in [2.24, 2.45) is 0 Å². The number of halogens is 2. The first kappa shape index (κ1) is 22.0. The van der Waals surface area contributed by atoms with Crippen LogP contribution < -0.4 is 10.2 Å². The molecule has 0 aliphatic heterocycles. The molecule has 0 saturated carbocycles. The number of hydrogen-bond donors (Lipinski definition) is 2. The number of anilines is 1. The highest BCUT2D eigenvalue weighted by molar-refractivity contribution is 8.00. The van der Waals surface area contributed by atoms with Gasteiger partial charge in [0.2, 0.25) is 0 Å². The lowest BCUT2D eigenvalue weighted by Gasteiger charge is -2.21. The summed E-state index contributed by atoms with van der Waals surface area (Å²) in [6.07, 6.45) is 5.62. The Kier molecular flexibility index (Phi) is 7.66. The minimum Gasteiger partial charge on any atom is -0.387 e. The average molecular weight is 422 g/mol. The second-order valence-corrected chi connectivity index (χ2v) is 9.65. The molecule has 0 saturated heterocycles. The number of rotatable bonds is 8. The molecule has 2 rings (SSSR count). The van der Waals surface area contributed by atoms with Gasteiger partial charge in [-0.3, -0.25) is 9.57 Å². The normalized spacial score (nSPS) is 13.3. The van der Waals surface area contributed by atoms with E-state index in [1.54, 1.807) is 23.4 Å². The number of carbonyl (C=O) groups excluding carboxylic acids is 1. The van der Waals surface area contributed by atoms with Gasteiger partial charge in [-0.25, -0.2) is 4.39 Å². The summed E-state index contributed by atoms with van der Waals surface area (Å²) in [6, 6.07) is 11.7. The zero-order chi connectivity index (χ0) is 20.7. The van der Waals surface area contributed by atoms with Crippen LogP contribution in [-0.4, -0.2) is 24.6 Å². The summed E-state index contributed by atoms with van der Waals surface area (Å²) in [6.45, 7) is 2.95. The number of nitrogens with one attached hydrogen (secondary N) is 2. The maximum absolute atomic E-state index is 13.3. The van der Waals surface area contributed by atoms with Crippen LogP contribution in [0.4, 0.5) is 10.1 Å². The van der Waals surface area contributed by atoms with Gasteiger partial charge in [0.05, 0.1) is 0 Å². The Labute approximate surface area is 171 Å². The molecule has 0 aromatic heterocycles. The van der Waals surface area contributed by atoms with Crippen LogP contribution in [0.1, 0.15) is 18.9 Å². The third kappa shape index (κ3) is 6.39. The fourth-order valence-corrected chi connectivity index (χ4v) is 3.61. The van der Waals surface area contributed by atoms with E-state index in [9.17, 15) is 9.18 Å². The van der Waals surface area contributed by atoms with Crippen molar-refractivity contribution in [3.05, 3.63) is 71.1 Å². The van der Waals surface area contributed by atoms with Gasteiger partial charge < -0.3 is 10.2 Å². The maximum Gasteiger partial charge on any atom is 0.252 e. The van der Waals surface area contributed by atoms with Crippen LogP contribution in [0.2, 0.25) is 5.02 Å². The summed E-state index contributed by atoms with van der Waals surface area (Å²) in [5, 5.41) is 3.32. The number of carbonyl (C=O) groups is 1. The Morgan fingerprint density at radius 3 is 2.57 bits per heavy atom. The highest BCUT2D eigenvalue weighted by Gasteiger charge is 2.12. The summed E-state index contributed by atoms with van der Waals surface area (Å²) in [5.74, 6) is 3.34. The van der Waals surface area contributed by atoms with Crippen LogP contribution in [0.25, 0.3) is 0 Å². The SMILES string of the molecule is C=S(C)(=N)c1ccc(N(CCC)C(=O)/C=C/NCc2cc(F)cc(Cl)c2)cc1. The van der Waals surface area contributed by atoms with Crippen molar-refractivity contribution in [1.82, 2.24) is 5.32 Å². The molecule has 1 amide bonds. The second kappa shape index (κ2) is 9.75. The first-order valence-electron chi connectivity index (χ1n) is 8.83. The molecule has 0 aliphatic rings. The topological polar surface area (TPSA) is 56.2 Å².